The molecule has 1 aliphatic carbocycles. The van der Waals surface area contributed by atoms with Crippen LogP contribution in [0.4, 0.5) is 4.79 Å². The van der Waals surface area contributed by atoms with Crippen LogP contribution in [0.25, 0.3) is 10.9 Å². The average Bonchev–Trinajstić information content (AvgIpc) is 3.29. The quantitative estimate of drug-likeness (QED) is 0.355. The SMILES string of the molecule is CCOc1ccc2[nH]c3c(c2c1)C[C@@]1(C)C(=O)N(CCCNC2CCC2)C(=O)N1[C@@H]3c1ccccc1. The molecule has 3 heterocycles. The fourth-order valence-corrected chi connectivity index (χ4v) is 6.08. The number of aromatic nitrogens is 1. The Labute approximate surface area is 211 Å². The number of amides is 3. The molecule has 7 nitrogen and oxygen atoms in total. The monoisotopic (exact) mass is 486 g/mol. The van der Waals surface area contributed by atoms with Crippen molar-refractivity contribution in [2.45, 2.75) is 63.6 Å². The molecule has 2 aliphatic heterocycles. The third-order valence-electron chi connectivity index (χ3n) is 8.16. The number of carbonyl (C=O) groups excluding carboxylic acids is 2. The molecular weight excluding hydrogens is 452 g/mol. The van der Waals surface area contributed by atoms with Crippen LogP contribution in [0, 0.1) is 0 Å². The summed E-state index contributed by atoms with van der Waals surface area (Å²) >= 11 is 0. The molecule has 3 amide bonds. The van der Waals surface area contributed by atoms with E-state index in [0.29, 0.717) is 25.6 Å². The topological polar surface area (TPSA) is 77.7 Å². The molecule has 0 bridgehead atoms. The molecule has 2 aromatic carbocycles. The Bertz CT molecular complexity index is 1300. The first-order chi connectivity index (χ1) is 17.5. The summed E-state index contributed by atoms with van der Waals surface area (Å²) in [5.74, 6) is 0.711. The van der Waals surface area contributed by atoms with Crippen molar-refractivity contribution in [3.63, 3.8) is 0 Å². The second kappa shape index (κ2) is 8.96. The molecule has 6 rings (SSSR count). The zero-order valence-electron chi connectivity index (χ0n) is 21.0. The maximum atomic E-state index is 13.9. The average molecular weight is 487 g/mol. The second-order valence-electron chi connectivity index (χ2n) is 10.5. The third kappa shape index (κ3) is 3.60. The molecule has 3 aromatic rings. The highest BCUT2D eigenvalue weighted by Crippen LogP contribution is 2.49. The van der Waals surface area contributed by atoms with Crippen LogP contribution >= 0.6 is 0 Å². The van der Waals surface area contributed by atoms with Crippen molar-refractivity contribution >= 4 is 22.8 Å². The van der Waals surface area contributed by atoms with Crippen LogP contribution in [0.1, 0.15) is 62.4 Å². The highest BCUT2D eigenvalue weighted by molar-refractivity contribution is 6.08. The summed E-state index contributed by atoms with van der Waals surface area (Å²) in [5, 5.41) is 4.60. The Hall–Kier alpha value is -3.32. The van der Waals surface area contributed by atoms with Gasteiger partial charge in [0.2, 0.25) is 0 Å². The third-order valence-corrected chi connectivity index (χ3v) is 8.16. The van der Waals surface area contributed by atoms with Gasteiger partial charge in [0.25, 0.3) is 5.91 Å². The predicted molar refractivity (Wildman–Crippen MR) is 139 cm³/mol. The van der Waals surface area contributed by atoms with Crippen LogP contribution in [-0.4, -0.2) is 58.0 Å². The lowest BCUT2D eigenvalue weighted by molar-refractivity contribution is -0.133. The molecule has 7 heteroatoms. The van der Waals surface area contributed by atoms with E-state index < -0.39 is 5.54 Å². The van der Waals surface area contributed by atoms with Crippen LogP contribution in [0.2, 0.25) is 0 Å². The number of hydrogen-bond acceptors (Lipinski definition) is 4. The Morgan fingerprint density at radius 3 is 2.67 bits per heavy atom. The van der Waals surface area contributed by atoms with Crippen molar-refractivity contribution in [1.82, 2.24) is 20.1 Å². The van der Waals surface area contributed by atoms with Gasteiger partial charge in [-0.2, -0.15) is 0 Å². The zero-order chi connectivity index (χ0) is 24.9. The van der Waals surface area contributed by atoms with E-state index in [1.165, 1.54) is 24.2 Å². The van der Waals surface area contributed by atoms with Gasteiger partial charge in [-0.25, -0.2) is 4.79 Å². The maximum absolute atomic E-state index is 13.9. The van der Waals surface area contributed by atoms with Crippen molar-refractivity contribution < 1.29 is 14.3 Å². The minimum atomic E-state index is -0.942. The van der Waals surface area contributed by atoms with Crippen molar-refractivity contribution in [2.24, 2.45) is 0 Å². The molecule has 0 spiro atoms. The molecule has 1 aromatic heterocycles. The highest BCUT2D eigenvalue weighted by Gasteiger charge is 2.59. The van der Waals surface area contributed by atoms with E-state index in [2.05, 4.69) is 16.4 Å². The van der Waals surface area contributed by atoms with Crippen molar-refractivity contribution in [1.29, 1.82) is 0 Å². The molecule has 3 aliphatic rings. The number of ether oxygens (including phenoxy) is 1. The molecule has 0 unspecified atom stereocenters. The summed E-state index contributed by atoms with van der Waals surface area (Å²) in [5.41, 5.74) is 3.12. The number of hydrogen-bond donors (Lipinski definition) is 2. The van der Waals surface area contributed by atoms with Gasteiger partial charge >= 0.3 is 6.03 Å². The number of imide groups is 1. The van der Waals surface area contributed by atoms with Gasteiger partial charge in [0.1, 0.15) is 17.3 Å². The second-order valence-corrected chi connectivity index (χ2v) is 10.5. The van der Waals surface area contributed by atoms with E-state index in [1.54, 1.807) is 0 Å². The Morgan fingerprint density at radius 1 is 1.14 bits per heavy atom. The van der Waals surface area contributed by atoms with E-state index in [9.17, 15) is 9.59 Å². The number of fused-ring (bicyclic) bond motifs is 4. The van der Waals surface area contributed by atoms with Crippen LogP contribution < -0.4 is 10.1 Å². The lowest BCUT2D eigenvalue weighted by atomic mass is 9.81. The van der Waals surface area contributed by atoms with Gasteiger partial charge in [0, 0.05) is 35.6 Å². The van der Waals surface area contributed by atoms with E-state index in [-0.39, 0.29) is 18.0 Å². The number of rotatable bonds is 8. The van der Waals surface area contributed by atoms with E-state index in [1.807, 2.05) is 61.2 Å². The first-order valence-corrected chi connectivity index (χ1v) is 13.2. The molecule has 2 atom stereocenters. The molecule has 36 heavy (non-hydrogen) atoms. The van der Waals surface area contributed by atoms with E-state index >= 15 is 0 Å². The van der Waals surface area contributed by atoms with E-state index in [0.717, 1.165) is 46.4 Å². The van der Waals surface area contributed by atoms with Gasteiger partial charge in [-0.3, -0.25) is 14.6 Å². The van der Waals surface area contributed by atoms with Gasteiger partial charge in [-0.1, -0.05) is 36.8 Å². The largest absolute Gasteiger partial charge is 0.494 e. The number of nitrogens with zero attached hydrogens (tertiary/aromatic N) is 2. The first-order valence-electron chi connectivity index (χ1n) is 13.2. The highest BCUT2D eigenvalue weighted by atomic mass is 16.5. The molecular formula is C29H34N4O3. The van der Waals surface area contributed by atoms with Gasteiger partial charge in [-0.15, -0.1) is 0 Å². The number of benzene rings is 2. The van der Waals surface area contributed by atoms with Crippen molar-refractivity contribution in [3.05, 3.63) is 65.4 Å². The Balaban J connectivity index is 1.38. The number of aromatic amines is 1. The van der Waals surface area contributed by atoms with Crippen LogP contribution in [0.15, 0.2) is 48.5 Å². The number of nitrogens with one attached hydrogen (secondary N) is 2. The summed E-state index contributed by atoms with van der Waals surface area (Å²) in [6.45, 7) is 5.76. The minimum Gasteiger partial charge on any atom is -0.494 e. The molecule has 1 saturated carbocycles. The number of urea groups is 1. The molecule has 2 fully saturated rings. The summed E-state index contributed by atoms with van der Waals surface area (Å²) in [7, 11) is 0. The minimum absolute atomic E-state index is 0.0990. The smallest absolute Gasteiger partial charge is 0.328 e. The Kier molecular flexibility index (Phi) is 5.75. The van der Waals surface area contributed by atoms with Crippen LogP contribution in [0.3, 0.4) is 0 Å². The van der Waals surface area contributed by atoms with Gasteiger partial charge in [-0.05, 0) is 69.0 Å². The number of carbonyl (C=O) groups is 2. The van der Waals surface area contributed by atoms with Crippen LogP contribution in [0.5, 0.6) is 5.75 Å². The van der Waals surface area contributed by atoms with Crippen LogP contribution in [-0.2, 0) is 11.2 Å². The summed E-state index contributed by atoms with van der Waals surface area (Å²) < 4.78 is 5.78. The standard InChI is InChI=1S/C29H34N4O3/c1-3-36-21-13-14-24-22(17-21)23-18-29(2)27(34)32(16-8-15-30-20-11-7-12-20)28(35)33(29)26(25(23)31-24)19-9-5-4-6-10-19/h4-6,9-10,13-14,17,20,26,30-31H,3,7-8,11-12,15-16,18H2,1-2H3/t26-,29+/m1/s1. The summed E-state index contributed by atoms with van der Waals surface area (Å²) in [4.78, 5) is 34.7. The Morgan fingerprint density at radius 2 is 1.94 bits per heavy atom. The lowest BCUT2D eigenvalue weighted by Crippen LogP contribution is -2.53. The fourth-order valence-electron chi connectivity index (χ4n) is 6.08. The van der Waals surface area contributed by atoms with Crippen molar-refractivity contribution in [3.8, 4) is 5.75 Å². The number of H-pyrrole nitrogens is 1. The molecule has 188 valence electrons. The maximum Gasteiger partial charge on any atom is 0.328 e. The summed E-state index contributed by atoms with van der Waals surface area (Å²) in [6, 6.07) is 16.1. The summed E-state index contributed by atoms with van der Waals surface area (Å²) in [6.07, 6.45) is 4.98. The molecule has 2 N–H and O–H groups in total. The lowest BCUT2D eigenvalue weighted by Gasteiger charge is -2.42. The van der Waals surface area contributed by atoms with Gasteiger partial charge in [0.15, 0.2) is 0 Å². The van der Waals surface area contributed by atoms with Crippen molar-refractivity contribution in [2.75, 3.05) is 19.7 Å². The van der Waals surface area contributed by atoms with Gasteiger partial charge in [0.05, 0.1) is 6.61 Å². The first kappa shape index (κ1) is 23.1. The molecule has 1 saturated heterocycles. The van der Waals surface area contributed by atoms with Gasteiger partial charge < -0.3 is 15.0 Å². The predicted octanol–water partition coefficient (Wildman–Crippen LogP) is 4.77. The normalized spacial score (nSPS) is 23.7. The molecule has 0 radical (unpaired) electrons. The zero-order valence-corrected chi connectivity index (χ0v) is 21.0. The van der Waals surface area contributed by atoms with E-state index in [4.69, 9.17) is 4.74 Å². The fraction of sp³-hybridized carbons (Fsp3) is 0.448.